The molecule has 0 unspecified atom stereocenters. The predicted octanol–water partition coefficient (Wildman–Crippen LogP) is 3.44. The number of pyridine rings is 1. The average Bonchev–Trinajstić information content (AvgIpc) is 2.55. The lowest BCUT2D eigenvalue weighted by molar-refractivity contribution is 0.0697. The van der Waals surface area contributed by atoms with Crippen LogP contribution in [0.3, 0.4) is 0 Å². The largest absolute Gasteiger partial charge is 0.478 e. The summed E-state index contributed by atoms with van der Waals surface area (Å²) in [5.41, 5.74) is 5.06. The van der Waals surface area contributed by atoms with E-state index in [1.54, 1.807) is 24.3 Å². The molecule has 2 aromatic carbocycles. The number of carboxylic acid groups (broad SMARTS) is 1. The van der Waals surface area contributed by atoms with Crippen molar-refractivity contribution in [1.82, 2.24) is 4.98 Å². The van der Waals surface area contributed by atoms with Gasteiger partial charge in [-0.3, -0.25) is 0 Å². The average molecular weight is 307 g/mol. The van der Waals surface area contributed by atoms with Gasteiger partial charge in [0.1, 0.15) is 0 Å². The van der Waals surface area contributed by atoms with Crippen LogP contribution in [0.5, 0.6) is 0 Å². The van der Waals surface area contributed by atoms with E-state index in [1.807, 2.05) is 25.1 Å². The summed E-state index contributed by atoms with van der Waals surface area (Å²) in [4.78, 5) is 15.6. The third-order valence-corrected chi connectivity index (χ3v) is 3.91. The van der Waals surface area contributed by atoms with Gasteiger partial charge in [0.25, 0.3) is 0 Å². The quantitative estimate of drug-likeness (QED) is 0.774. The van der Waals surface area contributed by atoms with E-state index in [4.69, 9.17) is 10.2 Å². The molecule has 0 saturated heterocycles. The number of rotatable bonds is 4. The minimum atomic E-state index is -0.935. The number of hydrogen-bond acceptors (Lipinski definition) is 3. The molecular formula is C19H17NO3. The molecular weight excluding hydrogens is 290 g/mol. The third-order valence-electron chi connectivity index (χ3n) is 3.91. The Balaban J connectivity index is 2.05. The first-order valence-corrected chi connectivity index (χ1v) is 7.43. The number of carboxylic acids is 1. The number of aliphatic hydroxyl groups excluding tert-OH is 1. The van der Waals surface area contributed by atoms with E-state index >= 15 is 0 Å². The fraction of sp³-hybridized carbons (Fsp3) is 0.158. The highest BCUT2D eigenvalue weighted by Crippen LogP contribution is 2.25. The van der Waals surface area contributed by atoms with E-state index < -0.39 is 5.97 Å². The van der Waals surface area contributed by atoms with Gasteiger partial charge >= 0.3 is 5.97 Å². The Kier molecular flexibility index (Phi) is 4.08. The summed E-state index contributed by atoms with van der Waals surface area (Å²) in [5.74, 6) is -0.935. The Labute approximate surface area is 134 Å². The number of fused-ring (bicyclic) bond motifs is 1. The molecule has 0 atom stereocenters. The van der Waals surface area contributed by atoms with Crippen LogP contribution in [-0.4, -0.2) is 27.8 Å². The molecule has 0 bridgehead atoms. The topological polar surface area (TPSA) is 70.4 Å². The highest BCUT2D eigenvalue weighted by Gasteiger charge is 2.08. The Morgan fingerprint density at radius 3 is 2.48 bits per heavy atom. The molecule has 0 amide bonds. The van der Waals surface area contributed by atoms with Crippen LogP contribution in [0.4, 0.5) is 0 Å². The van der Waals surface area contributed by atoms with Crippen LogP contribution in [0.25, 0.3) is 22.2 Å². The molecule has 116 valence electrons. The SMILES string of the molecule is Cc1cc(-c2ccc(C(=O)O)cc2)nc2ccc(CCO)cc12. The molecule has 0 saturated carbocycles. The van der Waals surface area contributed by atoms with E-state index in [-0.39, 0.29) is 12.2 Å². The van der Waals surface area contributed by atoms with Gasteiger partial charge in [0.05, 0.1) is 16.8 Å². The molecule has 0 spiro atoms. The monoisotopic (exact) mass is 307 g/mol. The first-order valence-electron chi connectivity index (χ1n) is 7.43. The van der Waals surface area contributed by atoms with Crippen LogP contribution in [0.1, 0.15) is 21.5 Å². The lowest BCUT2D eigenvalue weighted by Gasteiger charge is -2.09. The van der Waals surface area contributed by atoms with Gasteiger partial charge in [0, 0.05) is 17.6 Å². The van der Waals surface area contributed by atoms with E-state index in [0.29, 0.717) is 6.42 Å². The number of aliphatic hydroxyl groups is 1. The fourth-order valence-corrected chi connectivity index (χ4v) is 2.66. The third kappa shape index (κ3) is 3.07. The number of aryl methyl sites for hydroxylation is 1. The first kappa shape index (κ1) is 15.2. The Hall–Kier alpha value is -2.72. The van der Waals surface area contributed by atoms with Gasteiger partial charge in [-0.1, -0.05) is 18.2 Å². The summed E-state index contributed by atoms with van der Waals surface area (Å²) in [5, 5.41) is 19.1. The molecule has 23 heavy (non-hydrogen) atoms. The molecule has 0 aliphatic heterocycles. The lowest BCUT2D eigenvalue weighted by atomic mass is 10.0. The van der Waals surface area contributed by atoms with Crippen molar-refractivity contribution >= 4 is 16.9 Å². The zero-order valence-corrected chi connectivity index (χ0v) is 12.8. The number of aromatic carboxylic acids is 1. The summed E-state index contributed by atoms with van der Waals surface area (Å²) in [7, 11) is 0. The zero-order chi connectivity index (χ0) is 16.4. The molecule has 0 radical (unpaired) electrons. The molecule has 0 aliphatic carbocycles. The number of hydrogen-bond donors (Lipinski definition) is 2. The van der Waals surface area contributed by atoms with Crippen molar-refractivity contribution in [2.24, 2.45) is 0 Å². The number of aromatic nitrogens is 1. The van der Waals surface area contributed by atoms with E-state index in [9.17, 15) is 4.79 Å². The minimum absolute atomic E-state index is 0.131. The van der Waals surface area contributed by atoms with Crippen LogP contribution < -0.4 is 0 Å². The second-order valence-corrected chi connectivity index (χ2v) is 5.53. The van der Waals surface area contributed by atoms with Crippen LogP contribution in [0.15, 0.2) is 48.5 Å². The molecule has 4 nitrogen and oxygen atoms in total. The smallest absolute Gasteiger partial charge is 0.335 e. The molecule has 3 aromatic rings. The van der Waals surface area contributed by atoms with Crippen LogP contribution in [0, 0.1) is 6.92 Å². The van der Waals surface area contributed by atoms with E-state index in [1.165, 1.54) is 0 Å². The maximum atomic E-state index is 10.9. The molecule has 1 aromatic heterocycles. The molecule has 0 fully saturated rings. The van der Waals surface area contributed by atoms with E-state index in [2.05, 4.69) is 11.1 Å². The lowest BCUT2D eigenvalue weighted by Crippen LogP contribution is -1.96. The molecule has 0 aliphatic rings. The summed E-state index contributed by atoms with van der Waals surface area (Å²) in [6.07, 6.45) is 0.633. The van der Waals surface area contributed by atoms with Gasteiger partial charge in [0.15, 0.2) is 0 Å². The van der Waals surface area contributed by atoms with Gasteiger partial charge in [0.2, 0.25) is 0 Å². The fourth-order valence-electron chi connectivity index (χ4n) is 2.66. The Morgan fingerprint density at radius 2 is 1.83 bits per heavy atom. The van der Waals surface area contributed by atoms with Crippen molar-refractivity contribution in [3.05, 3.63) is 65.2 Å². The minimum Gasteiger partial charge on any atom is -0.478 e. The summed E-state index contributed by atoms with van der Waals surface area (Å²) >= 11 is 0. The van der Waals surface area contributed by atoms with Crippen molar-refractivity contribution in [3.63, 3.8) is 0 Å². The van der Waals surface area contributed by atoms with Crippen molar-refractivity contribution in [2.45, 2.75) is 13.3 Å². The number of nitrogens with zero attached hydrogens (tertiary/aromatic N) is 1. The maximum Gasteiger partial charge on any atom is 0.335 e. The van der Waals surface area contributed by atoms with Crippen LogP contribution in [-0.2, 0) is 6.42 Å². The molecule has 4 heteroatoms. The van der Waals surface area contributed by atoms with Crippen molar-refractivity contribution < 1.29 is 15.0 Å². The van der Waals surface area contributed by atoms with Gasteiger partial charge in [-0.05, 0) is 54.8 Å². The Morgan fingerprint density at radius 1 is 1.09 bits per heavy atom. The summed E-state index contributed by atoms with van der Waals surface area (Å²) < 4.78 is 0. The Bertz CT molecular complexity index is 870. The maximum absolute atomic E-state index is 10.9. The molecule has 3 rings (SSSR count). The molecule has 2 N–H and O–H groups in total. The van der Waals surface area contributed by atoms with Crippen molar-refractivity contribution in [1.29, 1.82) is 0 Å². The second kappa shape index (κ2) is 6.18. The van der Waals surface area contributed by atoms with E-state index in [0.717, 1.165) is 33.3 Å². The predicted molar refractivity (Wildman–Crippen MR) is 89.7 cm³/mol. The second-order valence-electron chi connectivity index (χ2n) is 5.53. The number of benzene rings is 2. The highest BCUT2D eigenvalue weighted by atomic mass is 16.4. The first-order chi connectivity index (χ1) is 11.1. The summed E-state index contributed by atoms with van der Waals surface area (Å²) in [6, 6.07) is 14.7. The molecule has 1 heterocycles. The van der Waals surface area contributed by atoms with Gasteiger partial charge < -0.3 is 10.2 Å². The van der Waals surface area contributed by atoms with Crippen LogP contribution in [0.2, 0.25) is 0 Å². The van der Waals surface area contributed by atoms with Gasteiger partial charge in [-0.2, -0.15) is 0 Å². The summed E-state index contributed by atoms with van der Waals surface area (Å²) in [6.45, 7) is 2.16. The van der Waals surface area contributed by atoms with Gasteiger partial charge in [-0.25, -0.2) is 9.78 Å². The number of carbonyl (C=O) groups is 1. The van der Waals surface area contributed by atoms with Gasteiger partial charge in [-0.15, -0.1) is 0 Å². The van der Waals surface area contributed by atoms with Crippen molar-refractivity contribution in [2.75, 3.05) is 6.61 Å². The standard InChI is InChI=1S/C19H17NO3/c1-12-10-18(14-3-5-15(6-4-14)19(22)23)20-17-7-2-13(8-9-21)11-16(12)17/h2-7,10-11,21H,8-9H2,1H3,(H,22,23). The van der Waals surface area contributed by atoms with Crippen molar-refractivity contribution in [3.8, 4) is 11.3 Å². The highest BCUT2D eigenvalue weighted by molar-refractivity contribution is 5.89. The normalized spacial score (nSPS) is 10.9. The zero-order valence-electron chi connectivity index (χ0n) is 12.8. The van der Waals surface area contributed by atoms with Crippen LogP contribution >= 0.6 is 0 Å².